The lowest BCUT2D eigenvalue weighted by Crippen LogP contribution is -2.25. The molecule has 1 aromatic heterocycles. The molecule has 1 fully saturated rings. The molecule has 0 atom stereocenters. The Bertz CT molecular complexity index is 386. The van der Waals surface area contributed by atoms with Gasteiger partial charge in [0.2, 0.25) is 0 Å². The maximum absolute atomic E-state index is 11.3. The van der Waals surface area contributed by atoms with E-state index in [1.165, 1.54) is 25.0 Å². The van der Waals surface area contributed by atoms with Crippen molar-refractivity contribution in [3.05, 3.63) is 29.6 Å². The topological polar surface area (TPSA) is 42.4 Å². The Hall–Kier alpha value is -1.07. The van der Waals surface area contributed by atoms with Crippen molar-refractivity contribution in [1.82, 2.24) is 9.88 Å². The molecule has 4 nitrogen and oxygen atoms in total. The van der Waals surface area contributed by atoms with Crippen LogP contribution in [0.2, 0.25) is 0 Å². The normalized spacial score (nSPS) is 17.2. The number of rotatable bonds is 3. The Kier molecular flexibility index (Phi) is 5.01. The lowest BCUT2D eigenvalue weighted by molar-refractivity contribution is 0.0600. The molecule has 0 N–H and O–H groups in total. The summed E-state index contributed by atoms with van der Waals surface area (Å²) < 4.78 is 4.65. The molecule has 98 valence electrons. The molecule has 18 heavy (non-hydrogen) atoms. The molecule has 0 saturated carbocycles. The summed E-state index contributed by atoms with van der Waals surface area (Å²) in [5.41, 5.74) is 1.52. The number of methoxy groups -OCH3 is 1. The minimum atomic E-state index is -0.333. The highest BCUT2D eigenvalue weighted by Crippen LogP contribution is 2.12. The Morgan fingerprint density at radius 3 is 3.06 bits per heavy atom. The quantitative estimate of drug-likeness (QED) is 0.781. The van der Waals surface area contributed by atoms with E-state index in [0.29, 0.717) is 5.56 Å². The van der Waals surface area contributed by atoms with Gasteiger partial charge < -0.3 is 4.74 Å². The zero-order chi connectivity index (χ0) is 12.8. The predicted octanol–water partition coefficient (Wildman–Crippen LogP) is 1.81. The summed E-state index contributed by atoms with van der Waals surface area (Å²) in [7, 11) is 1.38. The smallest absolute Gasteiger partial charge is 0.339 e. The highest BCUT2D eigenvalue weighted by molar-refractivity contribution is 7.99. The van der Waals surface area contributed by atoms with Gasteiger partial charge in [-0.1, -0.05) is 0 Å². The van der Waals surface area contributed by atoms with E-state index in [2.05, 4.69) is 14.6 Å². The first-order valence-electron chi connectivity index (χ1n) is 6.13. The molecule has 0 spiro atoms. The molecule has 0 aromatic carbocycles. The second-order valence-electron chi connectivity index (χ2n) is 4.27. The number of hydrogen-bond acceptors (Lipinski definition) is 5. The first kappa shape index (κ1) is 13.4. The molecule has 5 heteroatoms. The van der Waals surface area contributed by atoms with Gasteiger partial charge in [0.25, 0.3) is 0 Å². The third-order valence-corrected chi connectivity index (χ3v) is 3.99. The van der Waals surface area contributed by atoms with Crippen molar-refractivity contribution in [2.24, 2.45) is 0 Å². The number of ether oxygens (including phenoxy) is 1. The summed E-state index contributed by atoms with van der Waals surface area (Å²) in [4.78, 5) is 18.0. The summed E-state index contributed by atoms with van der Waals surface area (Å²) in [6.45, 7) is 3.11. The van der Waals surface area contributed by atoms with Crippen LogP contribution in [0, 0.1) is 0 Å². The summed E-state index contributed by atoms with van der Waals surface area (Å²) in [5, 5.41) is 0. The SMILES string of the molecule is COC(=O)c1ccc(CN2CCCSCC2)nc1. The first-order chi connectivity index (χ1) is 8.79. The Labute approximate surface area is 112 Å². The Morgan fingerprint density at radius 2 is 2.33 bits per heavy atom. The molecule has 1 saturated heterocycles. The summed E-state index contributed by atoms with van der Waals surface area (Å²) in [6, 6.07) is 3.69. The van der Waals surface area contributed by atoms with Crippen molar-refractivity contribution in [3.8, 4) is 0 Å². The van der Waals surface area contributed by atoms with E-state index in [0.717, 1.165) is 25.3 Å². The van der Waals surface area contributed by atoms with Crippen molar-refractivity contribution >= 4 is 17.7 Å². The lowest BCUT2D eigenvalue weighted by Gasteiger charge is -2.18. The van der Waals surface area contributed by atoms with Crippen LogP contribution in [-0.2, 0) is 11.3 Å². The molecule has 1 aliphatic rings. The van der Waals surface area contributed by atoms with Gasteiger partial charge in [-0.25, -0.2) is 4.79 Å². The highest BCUT2D eigenvalue weighted by atomic mass is 32.2. The molecular weight excluding hydrogens is 248 g/mol. The highest BCUT2D eigenvalue weighted by Gasteiger charge is 2.11. The molecule has 0 unspecified atom stereocenters. The van der Waals surface area contributed by atoms with Crippen LogP contribution in [0.25, 0.3) is 0 Å². The summed E-state index contributed by atoms with van der Waals surface area (Å²) in [5.74, 6) is 2.12. The number of carbonyl (C=O) groups excluding carboxylic acids is 1. The molecule has 2 rings (SSSR count). The van der Waals surface area contributed by atoms with Gasteiger partial charge in [-0.3, -0.25) is 9.88 Å². The number of aromatic nitrogens is 1. The fourth-order valence-electron chi connectivity index (χ4n) is 1.94. The Balaban J connectivity index is 1.94. The number of thioether (sulfide) groups is 1. The Morgan fingerprint density at radius 1 is 1.44 bits per heavy atom. The zero-order valence-electron chi connectivity index (χ0n) is 10.6. The molecule has 1 aliphatic heterocycles. The molecular formula is C13H18N2O2S. The monoisotopic (exact) mass is 266 g/mol. The average molecular weight is 266 g/mol. The van der Waals surface area contributed by atoms with Crippen molar-refractivity contribution in [1.29, 1.82) is 0 Å². The number of pyridine rings is 1. The van der Waals surface area contributed by atoms with E-state index < -0.39 is 0 Å². The van der Waals surface area contributed by atoms with Crippen LogP contribution in [0.5, 0.6) is 0 Å². The number of hydrogen-bond donors (Lipinski definition) is 0. The van der Waals surface area contributed by atoms with Crippen molar-refractivity contribution < 1.29 is 9.53 Å². The standard InChI is InChI=1S/C13H18N2O2S/c1-17-13(16)11-3-4-12(14-9-11)10-15-5-2-7-18-8-6-15/h3-4,9H,2,5-8,10H2,1H3. The molecule has 1 aromatic rings. The van der Waals surface area contributed by atoms with Crippen LogP contribution in [0.3, 0.4) is 0 Å². The van der Waals surface area contributed by atoms with E-state index in [9.17, 15) is 4.79 Å². The fraction of sp³-hybridized carbons (Fsp3) is 0.538. The van der Waals surface area contributed by atoms with Gasteiger partial charge in [0.05, 0.1) is 18.4 Å². The summed E-state index contributed by atoms with van der Waals surface area (Å²) in [6.07, 6.45) is 2.83. The van der Waals surface area contributed by atoms with Gasteiger partial charge in [0, 0.05) is 25.0 Å². The second-order valence-corrected chi connectivity index (χ2v) is 5.50. The van der Waals surface area contributed by atoms with E-state index in [1.54, 1.807) is 12.3 Å². The van der Waals surface area contributed by atoms with Crippen molar-refractivity contribution in [3.63, 3.8) is 0 Å². The number of carbonyl (C=O) groups is 1. The van der Waals surface area contributed by atoms with Crippen LogP contribution >= 0.6 is 11.8 Å². The number of nitrogens with zero attached hydrogens (tertiary/aromatic N) is 2. The van der Waals surface area contributed by atoms with Crippen molar-refractivity contribution in [2.45, 2.75) is 13.0 Å². The molecule has 0 radical (unpaired) electrons. The van der Waals surface area contributed by atoms with E-state index in [4.69, 9.17) is 0 Å². The fourth-order valence-corrected chi connectivity index (χ4v) is 2.87. The molecule has 0 amide bonds. The van der Waals surface area contributed by atoms with Crippen LogP contribution < -0.4 is 0 Å². The maximum Gasteiger partial charge on any atom is 0.339 e. The van der Waals surface area contributed by atoms with E-state index in [1.807, 2.05) is 17.8 Å². The van der Waals surface area contributed by atoms with Crippen molar-refractivity contribution in [2.75, 3.05) is 31.7 Å². The van der Waals surface area contributed by atoms with Gasteiger partial charge in [0.1, 0.15) is 0 Å². The molecule has 0 aliphatic carbocycles. The van der Waals surface area contributed by atoms with Crippen LogP contribution in [0.15, 0.2) is 18.3 Å². The van der Waals surface area contributed by atoms with Gasteiger partial charge in [-0.2, -0.15) is 11.8 Å². The van der Waals surface area contributed by atoms with Gasteiger partial charge in [-0.15, -0.1) is 0 Å². The van der Waals surface area contributed by atoms with Crippen LogP contribution in [0.1, 0.15) is 22.5 Å². The van der Waals surface area contributed by atoms with Gasteiger partial charge >= 0.3 is 5.97 Å². The second kappa shape index (κ2) is 6.75. The lowest BCUT2D eigenvalue weighted by atomic mass is 10.2. The zero-order valence-corrected chi connectivity index (χ0v) is 11.4. The minimum Gasteiger partial charge on any atom is -0.465 e. The van der Waals surface area contributed by atoms with Gasteiger partial charge in [0.15, 0.2) is 0 Å². The van der Waals surface area contributed by atoms with E-state index in [-0.39, 0.29) is 5.97 Å². The molecule has 0 bridgehead atoms. The molecule has 2 heterocycles. The first-order valence-corrected chi connectivity index (χ1v) is 7.28. The van der Waals surface area contributed by atoms with E-state index >= 15 is 0 Å². The largest absolute Gasteiger partial charge is 0.465 e. The van der Waals surface area contributed by atoms with Crippen LogP contribution in [-0.4, -0.2) is 47.6 Å². The predicted molar refractivity (Wildman–Crippen MR) is 72.8 cm³/mol. The number of esters is 1. The minimum absolute atomic E-state index is 0.333. The third kappa shape index (κ3) is 3.71. The third-order valence-electron chi connectivity index (χ3n) is 2.95. The van der Waals surface area contributed by atoms with Gasteiger partial charge in [-0.05, 0) is 30.9 Å². The maximum atomic E-state index is 11.3. The van der Waals surface area contributed by atoms with Crippen LogP contribution in [0.4, 0.5) is 0 Å². The average Bonchev–Trinajstić information content (AvgIpc) is 2.67. The summed E-state index contributed by atoms with van der Waals surface area (Å²) >= 11 is 2.02.